The van der Waals surface area contributed by atoms with Gasteiger partial charge in [0, 0.05) is 17.0 Å². The van der Waals surface area contributed by atoms with Crippen molar-refractivity contribution >= 4 is 11.0 Å². The maximum absolute atomic E-state index is 9.20. The van der Waals surface area contributed by atoms with E-state index in [4.69, 9.17) is 4.42 Å². The predicted octanol–water partition coefficient (Wildman–Crippen LogP) is 4.01. The summed E-state index contributed by atoms with van der Waals surface area (Å²) >= 11 is 0. The van der Waals surface area contributed by atoms with E-state index in [1.807, 2.05) is 56.3 Å². The normalized spacial score (nSPS) is 12.0. The quantitative estimate of drug-likeness (QED) is 0.534. The third-order valence-electron chi connectivity index (χ3n) is 3.34. The maximum Gasteiger partial charge on any atom is 0.137 e. The molecule has 0 aliphatic carbocycles. The molecule has 0 spiro atoms. The Bertz CT molecular complexity index is 830. The van der Waals surface area contributed by atoms with E-state index in [0.717, 1.165) is 22.1 Å². The van der Waals surface area contributed by atoms with Crippen LogP contribution in [-0.4, -0.2) is 5.21 Å². The fourth-order valence-corrected chi connectivity index (χ4v) is 2.22. The Balaban J connectivity index is 2.29. The van der Waals surface area contributed by atoms with Crippen molar-refractivity contribution in [3.63, 3.8) is 0 Å². The Labute approximate surface area is 116 Å². The summed E-state index contributed by atoms with van der Waals surface area (Å²) in [6.45, 7) is 4.04. The predicted molar refractivity (Wildman–Crippen MR) is 78.5 cm³/mol. The lowest BCUT2D eigenvalue weighted by Gasteiger charge is -2.05. The Morgan fingerprint density at radius 3 is 2.30 bits per heavy atom. The standard InChI is InChI=1S/C17H15NO2/c1-11-3-6-13(7-4-11)16-10-15(18-19)14-8-5-12(2)9-17(14)20-16/h3-10,19H,1-2H3/b18-15+. The molecular weight excluding hydrogens is 250 g/mol. The number of aryl methyl sites for hydroxylation is 2. The van der Waals surface area contributed by atoms with E-state index in [1.165, 1.54) is 5.56 Å². The Morgan fingerprint density at radius 2 is 1.60 bits per heavy atom. The summed E-state index contributed by atoms with van der Waals surface area (Å²) < 4.78 is 5.94. The average molecular weight is 265 g/mol. The first-order chi connectivity index (χ1) is 9.67. The van der Waals surface area contributed by atoms with Crippen LogP contribution in [0.25, 0.3) is 22.3 Å². The van der Waals surface area contributed by atoms with Crippen LogP contribution in [0.3, 0.4) is 0 Å². The van der Waals surface area contributed by atoms with Crippen molar-refractivity contribution in [2.45, 2.75) is 13.8 Å². The Morgan fingerprint density at radius 1 is 0.900 bits per heavy atom. The van der Waals surface area contributed by atoms with Gasteiger partial charge >= 0.3 is 0 Å². The van der Waals surface area contributed by atoms with E-state index in [9.17, 15) is 5.21 Å². The van der Waals surface area contributed by atoms with Gasteiger partial charge in [0.05, 0.1) is 0 Å². The van der Waals surface area contributed by atoms with Crippen molar-refractivity contribution in [2.24, 2.45) is 5.16 Å². The molecule has 0 radical (unpaired) electrons. The minimum atomic E-state index is 0.516. The number of hydrogen-bond donors (Lipinski definition) is 1. The second kappa shape index (κ2) is 4.85. The van der Waals surface area contributed by atoms with E-state index in [2.05, 4.69) is 5.16 Å². The van der Waals surface area contributed by atoms with Crippen molar-refractivity contribution in [1.82, 2.24) is 0 Å². The van der Waals surface area contributed by atoms with Crippen LogP contribution in [0.2, 0.25) is 0 Å². The molecule has 100 valence electrons. The van der Waals surface area contributed by atoms with E-state index in [1.54, 1.807) is 6.07 Å². The minimum absolute atomic E-state index is 0.516. The van der Waals surface area contributed by atoms with Crippen LogP contribution in [0.1, 0.15) is 11.1 Å². The molecule has 0 aliphatic rings. The number of fused-ring (bicyclic) bond motifs is 1. The molecule has 1 N–H and O–H groups in total. The van der Waals surface area contributed by atoms with Crippen LogP contribution in [0.15, 0.2) is 58.1 Å². The summed E-state index contributed by atoms with van der Waals surface area (Å²) in [6, 6.07) is 15.6. The molecule has 3 aromatic rings. The smallest absolute Gasteiger partial charge is 0.137 e. The van der Waals surface area contributed by atoms with E-state index in [-0.39, 0.29) is 0 Å². The SMILES string of the molecule is Cc1ccc(-c2c/c(=N\O)c3ccc(C)cc3o2)cc1. The van der Waals surface area contributed by atoms with Gasteiger partial charge in [-0.05, 0) is 31.5 Å². The highest BCUT2D eigenvalue weighted by molar-refractivity contribution is 5.79. The first-order valence-electron chi connectivity index (χ1n) is 6.47. The maximum atomic E-state index is 9.20. The van der Waals surface area contributed by atoms with Gasteiger partial charge in [-0.25, -0.2) is 0 Å². The molecule has 20 heavy (non-hydrogen) atoms. The van der Waals surface area contributed by atoms with E-state index < -0.39 is 0 Å². The van der Waals surface area contributed by atoms with Gasteiger partial charge in [-0.2, -0.15) is 0 Å². The second-order valence-corrected chi connectivity index (χ2v) is 4.96. The minimum Gasteiger partial charge on any atom is -0.456 e. The van der Waals surface area contributed by atoms with Gasteiger partial charge in [-0.1, -0.05) is 41.1 Å². The van der Waals surface area contributed by atoms with Crippen molar-refractivity contribution in [1.29, 1.82) is 0 Å². The molecule has 0 unspecified atom stereocenters. The summed E-state index contributed by atoms with van der Waals surface area (Å²) in [6.07, 6.45) is 0. The van der Waals surface area contributed by atoms with Gasteiger partial charge in [-0.15, -0.1) is 0 Å². The molecule has 0 bridgehead atoms. The van der Waals surface area contributed by atoms with Crippen molar-refractivity contribution in [3.8, 4) is 11.3 Å². The first kappa shape index (κ1) is 12.5. The fraction of sp³-hybridized carbons (Fsp3) is 0.118. The molecule has 1 aromatic heterocycles. The zero-order valence-electron chi connectivity index (χ0n) is 11.4. The van der Waals surface area contributed by atoms with Gasteiger partial charge in [0.1, 0.15) is 16.7 Å². The molecule has 0 saturated heterocycles. The van der Waals surface area contributed by atoms with E-state index >= 15 is 0 Å². The third-order valence-corrected chi connectivity index (χ3v) is 3.34. The molecule has 2 aromatic carbocycles. The average Bonchev–Trinajstić information content (AvgIpc) is 2.46. The number of nitrogens with zero attached hydrogens (tertiary/aromatic N) is 1. The first-order valence-corrected chi connectivity index (χ1v) is 6.47. The second-order valence-electron chi connectivity index (χ2n) is 4.96. The highest BCUT2D eigenvalue weighted by Crippen LogP contribution is 2.23. The van der Waals surface area contributed by atoms with Gasteiger partial charge in [0.25, 0.3) is 0 Å². The Hall–Kier alpha value is -2.55. The molecule has 3 nitrogen and oxygen atoms in total. The molecule has 0 aliphatic heterocycles. The van der Waals surface area contributed by atoms with Gasteiger partial charge < -0.3 is 9.62 Å². The summed E-state index contributed by atoms with van der Waals surface area (Å²) in [5, 5.41) is 13.9. The van der Waals surface area contributed by atoms with Crippen LogP contribution in [0.4, 0.5) is 0 Å². The molecule has 0 atom stereocenters. The zero-order valence-corrected chi connectivity index (χ0v) is 11.4. The summed E-state index contributed by atoms with van der Waals surface area (Å²) in [4.78, 5) is 0. The molecule has 0 amide bonds. The van der Waals surface area contributed by atoms with Crippen molar-refractivity contribution < 1.29 is 9.62 Å². The summed E-state index contributed by atoms with van der Waals surface area (Å²) in [7, 11) is 0. The third kappa shape index (κ3) is 2.18. The molecule has 3 heteroatoms. The highest BCUT2D eigenvalue weighted by Gasteiger charge is 2.06. The molecule has 1 heterocycles. The van der Waals surface area contributed by atoms with E-state index in [0.29, 0.717) is 11.1 Å². The number of rotatable bonds is 1. The van der Waals surface area contributed by atoms with Crippen LogP contribution in [0, 0.1) is 13.8 Å². The molecule has 0 saturated carbocycles. The Kier molecular flexibility index (Phi) is 3.03. The lowest BCUT2D eigenvalue weighted by molar-refractivity contribution is 0.302. The molecule has 0 fully saturated rings. The topological polar surface area (TPSA) is 45.7 Å². The van der Waals surface area contributed by atoms with Crippen LogP contribution < -0.4 is 5.36 Å². The lowest BCUT2D eigenvalue weighted by Crippen LogP contribution is -2.03. The van der Waals surface area contributed by atoms with Gasteiger partial charge in [0.15, 0.2) is 0 Å². The number of hydrogen-bond acceptors (Lipinski definition) is 3. The monoisotopic (exact) mass is 265 g/mol. The van der Waals surface area contributed by atoms with Crippen LogP contribution in [0.5, 0.6) is 0 Å². The fourth-order valence-electron chi connectivity index (χ4n) is 2.22. The van der Waals surface area contributed by atoms with Crippen LogP contribution >= 0.6 is 0 Å². The number of benzene rings is 2. The van der Waals surface area contributed by atoms with Gasteiger partial charge in [0.2, 0.25) is 0 Å². The van der Waals surface area contributed by atoms with Crippen molar-refractivity contribution in [2.75, 3.05) is 0 Å². The van der Waals surface area contributed by atoms with Gasteiger partial charge in [-0.3, -0.25) is 0 Å². The summed E-state index contributed by atoms with van der Waals surface area (Å²) in [5.41, 5.74) is 3.98. The lowest BCUT2D eigenvalue weighted by atomic mass is 10.1. The molecule has 3 rings (SSSR count). The molecular formula is C17H15NO2. The largest absolute Gasteiger partial charge is 0.456 e. The zero-order chi connectivity index (χ0) is 14.1. The highest BCUT2D eigenvalue weighted by atomic mass is 16.4. The van der Waals surface area contributed by atoms with Crippen molar-refractivity contribution in [3.05, 3.63) is 65.0 Å². The van der Waals surface area contributed by atoms with Crippen LogP contribution in [-0.2, 0) is 0 Å². The summed E-state index contributed by atoms with van der Waals surface area (Å²) in [5.74, 6) is 0.691.